The molecule has 0 aromatic rings. The van der Waals surface area contributed by atoms with Crippen LogP contribution in [0.15, 0.2) is 0 Å². The van der Waals surface area contributed by atoms with Crippen LogP contribution in [0.2, 0.25) is 0 Å². The average Bonchev–Trinajstić information content (AvgIpc) is 1.98. The lowest BCUT2D eigenvalue weighted by Gasteiger charge is -1.96. The van der Waals surface area contributed by atoms with Crippen LogP contribution in [0.3, 0.4) is 0 Å². The fourth-order valence-corrected chi connectivity index (χ4v) is 1.50. The van der Waals surface area contributed by atoms with Crippen molar-refractivity contribution < 1.29 is 13.2 Å². The van der Waals surface area contributed by atoms with Crippen molar-refractivity contribution in [2.24, 2.45) is 5.92 Å². The molecule has 3 atom stereocenters. The first-order chi connectivity index (χ1) is 4.13. The summed E-state index contributed by atoms with van der Waals surface area (Å²) in [6, 6.07) is 0. The van der Waals surface area contributed by atoms with Gasteiger partial charge in [-0.1, -0.05) is 6.92 Å². The van der Waals surface area contributed by atoms with E-state index in [0.717, 1.165) is 0 Å². The van der Waals surface area contributed by atoms with Gasteiger partial charge in [0.2, 0.25) is 11.1 Å². The van der Waals surface area contributed by atoms with Crippen LogP contribution in [0, 0.1) is 5.92 Å². The highest BCUT2D eigenvalue weighted by molar-refractivity contribution is 7.81. The molecule has 0 saturated carbocycles. The summed E-state index contributed by atoms with van der Waals surface area (Å²) in [5, 5.41) is -0.141. The lowest BCUT2D eigenvalue weighted by Crippen LogP contribution is -2.13. The van der Waals surface area contributed by atoms with Gasteiger partial charge < -0.3 is 4.18 Å². The molecule has 0 spiro atoms. The van der Waals surface area contributed by atoms with E-state index in [1.807, 2.05) is 0 Å². The molecule has 0 aromatic carbocycles. The molecule has 52 valence electrons. The van der Waals surface area contributed by atoms with Crippen molar-refractivity contribution >= 4 is 17.0 Å². The fraction of sp³-hybridized carbons (Fsp3) is 0.800. The Hall–Kier alpha value is -0.380. The highest BCUT2D eigenvalue weighted by Gasteiger charge is 2.36. The van der Waals surface area contributed by atoms with E-state index in [0.29, 0.717) is 0 Å². The van der Waals surface area contributed by atoms with Crippen molar-refractivity contribution in [2.45, 2.75) is 19.1 Å². The molecule has 0 N–H and O–H groups in total. The highest BCUT2D eigenvalue weighted by atomic mass is 32.2. The van der Waals surface area contributed by atoms with Crippen LogP contribution >= 0.6 is 0 Å². The summed E-state index contributed by atoms with van der Waals surface area (Å²) in [6.07, 6.45) is 0. The summed E-state index contributed by atoms with van der Waals surface area (Å²) in [6.45, 7) is 3.46. The Morgan fingerprint density at radius 2 is 2.11 bits per heavy atom. The summed E-state index contributed by atoms with van der Waals surface area (Å²) >= 11 is -1.38. The zero-order valence-corrected chi connectivity index (χ0v) is 6.10. The molecular formula is C5H8O3S. The van der Waals surface area contributed by atoms with Gasteiger partial charge in [-0.2, -0.15) is 0 Å². The van der Waals surface area contributed by atoms with Crippen LogP contribution < -0.4 is 0 Å². The number of hydrogen-bond acceptors (Lipinski definition) is 3. The Morgan fingerprint density at radius 3 is 2.22 bits per heavy atom. The number of carbonyl (C=O) groups is 1. The van der Waals surface area contributed by atoms with Gasteiger partial charge in [0.05, 0.1) is 11.2 Å². The summed E-state index contributed by atoms with van der Waals surface area (Å²) in [7, 11) is 0. The third-order valence-electron chi connectivity index (χ3n) is 1.54. The largest absolute Gasteiger partial charge is 0.363 e. The second kappa shape index (κ2) is 2.10. The first-order valence-corrected chi connectivity index (χ1v) is 3.89. The van der Waals surface area contributed by atoms with Crippen LogP contribution in [-0.4, -0.2) is 15.4 Å². The quantitative estimate of drug-likeness (QED) is 0.494. The lowest BCUT2D eigenvalue weighted by molar-refractivity contribution is -0.135. The molecule has 3 unspecified atom stereocenters. The first kappa shape index (κ1) is 6.74. The van der Waals surface area contributed by atoms with Crippen molar-refractivity contribution in [3.63, 3.8) is 0 Å². The van der Waals surface area contributed by atoms with Crippen LogP contribution in [-0.2, 0) is 20.1 Å². The van der Waals surface area contributed by atoms with Gasteiger partial charge in [-0.05, 0) is 6.92 Å². The average molecular weight is 148 g/mol. The molecule has 0 aliphatic carbocycles. The summed E-state index contributed by atoms with van der Waals surface area (Å²) in [4.78, 5) is 10.6. The third kappa shape index (κ3) is 0.986. The molecule has 0 bridgehead atoms. The molecular weight excluding hydrogens is 140 g/mol. The van der Waals surface area contributed by atoms with Crippen molar-refractivity contribution in [1.29, 1.82) is 0 Å². The number of rotatable bonds is 0. The fourth-order valence-electron chi connectivity index (χ4n) is 0.591. The van der Waals surface area contributed by atoms with Crippen LogP contribution in [0.4, 0.5) is 0 Å². The monoisotopic (exact) mass is 148 g/mol. The normalized spacial score (nSPS) is 42.9. The molecule has 1 heterocycles. The van der Waals surface area contributed by atoms with E-state index in [9.17, 15) is 9.00 Å². The predicted octanol–water partition coefficient (Wildman–Crippen LogP) is 0.231. The number of hydrogen-bond donors (Lipinski definition) is 0. The predicted molar refractivity (Wildman–Crippen MR) is 32.9 cm³/mol. The second-order valence-electron chi connectivity index (χ2n) is 2.16. The standard InChI is InChI=1S/C5H8O3S/c1-3-4(2)9(7)8-5(3)6/h3-4H,1-2H3. The molecule has 1 saturated heterocycles. The second-order valence-corrected chi connectivity index (χ2v) is 3.59. The van der Waals surface area contributed by atoms with Gasteiger partial charge in [0.1, 0.15) is 0 Å². The van der Waals surface area contributed by atoms with E-state index >= 15 is 0 Å². The van der Waals surface area contributed by atoms with Gasteiger partial charge >= 0.3 is 5.97 Å². The first-order valence-electron chi connectivity index (χ1n) is 2.75. The van der Waals surface area contributed by atoms with Crippen molar-refractivity contribution in [2.75, 3.05) is 0 Å². The van der Waals surface area contributed by atoms with Gasteiger partial charge in [-0.25, -0.2) is 4.21 Å². The van der Waals surface area contributed by atoms with E-state index < -0.39 is 11.1 Å². The molecule has 1 rings (SSSR count). The minimum atomic E-state index is -1.38. The Morgan fingerprint density at radius 1 is 1.56 bits per heavy atom. The Kier molecular flexibility index (Phi) is 1.57. The summed E-state index contributed by atoms with van der Waals surface area (Å²) < 4.78 is 15.1. The van der Waals surface area contributed by atoms with Gasteiger partial charge in [0, 0.05) is 0 Å². The van der Waals surface area contributed by atoms with E-state index in [1.54, 1.807) is 13.8 Å². The van der Waals surface area contributed by atoms with E-state index in [1.165, 1.54) is 0 Å². The Bertz CT molecular complexity index is 148. The molecule has 1 aliphatic heterocycles. The van der Waals surface area contributed by atoms with Gasteiger partial charge in [-0.3, -0.25) is 4.79 Å². The highest BCUT2D eigenvalue weighted by Crippen LogP contribution is 2.20. The minimum Gasteiger partial charge on any atom is -0.363 e. The zero-order chi connectivity index (χ0) is 7.02. The minimum absolute atomic E-state index is 0.141. The van der Waals surface area contributed by atoms with Crippen molar-refractivity contribution in [1.82, 2.24) is 0 Å². The molecule has 9 heavy (non-hydrogen) atoms. The smallest absolute Gasteiger partial charge is 0.324 e. The maximum absolute atomic E-state index is 10.7. The topological polar surface area (TPSA) is 43.4 Å². The number of carbonyl (C=O) groups excluding carboxylic acids is 1. The lowest BCUT2D eigenvalue weighted by atomic mass is 10.1. The van der Waals surface area contributed by atoms with Gasteiger partial charge in [0.15, 0.2) is 0 Å². The molecule has 1 aliphatic rings. The molecule has 0 amide bonds. The molecule has 0 radical (unpaired) electrons. The van der Waals surface area contributed by atoms with E-state index in [2.05, 4.69) is 4.18 Å². The summed E-state index contributed by atoms with van der Waals surface area (Å²) in [5.74, 6) is -0.549. The maximum Gasteiger partial charge on any atom is 0.324 e. The Balaban J connectivity index is 2.77. The van der Waals surface area contributed by atoms with E-state index in [4.69, 9.17) is 0 Å². The molecule has 0 aromatic heterocycles. The van der Waals surface area contributed by atoms with Crippen LogP contribution in [0.1, 0.15) is 13.8 Å². The molecule has 3 nitrogen and oxygen atoms in total. The van der Waals surface area contributed by atoms with Gasteiger partial charge in [0.25, 0.3) is 0 Å². The van der Waals surface area contributed by atoms with Crippen LogP contribution in [0.25, 0.3) is 0 Å². The zero-order valence-electron chi connectivity index (χ0n) is 5.29. The Labute approximate surface area is 56.1 Å². The van der Waals surface area contributed by atoms with E-state index in [-0.39, 0.29) is 17.1 Å². The molecule has 1 fully saturated rings. The van der Waals surface area contributed by atoms with Crippen LogP contribution in [0.5, 0.6) is 0 Å². The molecule has 4 heteroatoms. The summed E-state index contributed by atoms with van der Waals surface area (Å²) in [5.41, 5.74) is 0. The van der Waals surface area contributed by atoms with Crippen molar-refractivity contribution in [3.8, 4) is 0 Å². The van der Waals surface area contributed by atoms with Gasteiger partial charge in [-0.15, -0.1) is 0 Å². The SMILES string of the molecule is CC1C(=O)OS(=O)C1C. The maximum atomic E-state index is 10.7. The third-order valence-corrected chi connectivity index (χ3v) is 2.89. The van der Waals surface area contributed by atoms with Crippen molar-refractivity contribution in [3.05, 3.63) is 0 Å².